The zero-order valence-corrected chi connectivity index (χ0v) is 16.8. The van der Waals surface area contributed by atoms with Gasteiger partial charge in [0, 0.05) is 24.4 Å². The van der Waals surface area contributed by atoms with Crippen LogP contribution in [0.25, 0.3) is 11.1 Å². The fourth-order valence-electron chi connectivity index (χ4n) is 3.73. The zero-order chi connectivity index (χ0) is 20.9. The number of rotatable bonds is 4. The fourth-order valence-corrected chi connectivity index (χ4v) is 3.73. The molecule has 4 rings (SSSR count). The molecule has 0 aliphatic heterocycles. The standard InChI is InChI=1S/C26H23NO3/c1-18-13-14-19(16-25(18)28)8-6-7-15-27-26(29)30-17-24-22-11-4-2-9-20(22)21-10-3-5-12-23(21)24/h2-5,9-14,16,24,28H,7,15,17H2,1H3,(H,27,29). The van der Waals surface area contributed by atoms with Crippen LogP contribution in [0.1, 0.15) is 34.6 Å². The first-order valence-corrected chi connectivity index (χ1v) is 10.0. The second-order valence-corrected chi connectivity index (χ2v) is 7.31. The predicted octanol–water partition coefficient (Wildman–Crippen LogP) is 4.98. The Bertz CT molecular complexity index is 1090. The van der Waals surface area contributed by atoms with Crippen LogP contribution < -0.4 is 5.32 Å². The minimum atomic E-state index is -0.438. The molecule has 4 heteroatoms. The van der Waals surface area contributed by atoms with E-state index in [9.17, 15) is 9.90 Å². The van der Waals surface area contributed by atoms with Gasteiger partial charge in [-0.3, -0.25) is 0 Å². The van der Waals surface area contributed by atoms with Crippen molar-refractivity contribution in [1.29, 1.82) is 0 Å². The maximum atomic E-state index is 12.1. The van der Waals surface area contributed by atoms with E-state index >= 15 is 0 Å². The van der Waals surface area contributed by atoms with E-state index in [0.717, 1.165) is 11.1 Å². The maximum Gasteiger partial charge on any atom is 0.407 e. The minimum Gasteiger partial charge on any atom is -0.508 e. The third-order valence-electron chi connectivity index (χ3n) is 5.30. The third-order valence-corrected chi connectivity index (χ3v) is 5.30. The Morgan fingerprint density at radius 2 is 1.70 bits per heavy atom. The van der Waals surface area contributed by atoms with Crippen LogP contribution in [-0.4, -0.2) is 24.4 Å². The van der Waals surface area contributed by atoms with Crippen molar-refractivity contribution in [2.75, 3.05) is 13.2 Å². The lowest BCUT2D eigenvalue weighted by atomic mass is 9.98. The van der Waals surface area contributed by atoms with Crippen molar-refractivity contribution < 1.29 is 14.6 Å². The van der Waals surface area contributed by atoms with Crippen molar-refractivity contribution in [2.24, 2.45) is 0 Å². The lowest BCUT2D eigenvalue weighted by Gasteiger charge is -2.14. The van der Waals surface area contributed by atoms with Crippen LogP contribution in [0.3, 0.4) is 0 Å². The summed E-state index contributed by atoms with van der Waals surface area (Å²) in [4.78, 5) is 12.1. The molecule has 0 bridgehead atoms. The van der Waals surface area contributed by atoms with E-state index in [1.54, 1.807) is 6.07 Å². The number of hydrogen-bond donors (Lipinski definition) is 2. The van der Waals surface area contributed by atoms with Crippen molar-refractivity contribution in [3.63, 3.8) is 0 Å². The molecular weight excluding hydrogens is 374 g/mol. The van der Waals surface area contributed by atoms with Crippen LogP contribution in [0.15, 0.2) is 66.7 Å². The minimum absolute atomic E-state index is 0.0529. The molecule has 4 nitrogen and oxygen atoms in total. The number of benzene rings is 3. The summed E-state index contributed by atoms with van der Waals surface area (Å²) in [6.45, 7) is 2.54. The van der Waals surface area contributed by atoms with Crippen molar-refractivity contribution >= 4 is 6.09 Å². The van der Waals surface area contributed by atoms with Crippen LogP contribution in [0, 0.1) is 18.8 Å². The number of phenolic OH excluding ortho intramolecular Hbond substituents is 1. The number of ether oxygens (including phenoxy) is 1. The van der Waals surface area contributed by atoms with Gasteiger partial charge in [-0.1, -0.05) is 66.4 Å². The van der Waals surface area contributed by atoms with Crippen LogP contribution in [0.2, 0.25) is 0 Å². The highest BCUT2D eigenvalue weighted by Gasteiger charge is 2.28. The Hall–Kier alpha value is -3.71. The van der Waals surface area contributed by atoms with Gasteiger partial charge in [-0.2, -0.15) is 0 Å². The van der Waals surface area contributed by atoms with Crippen LogP contribution in [0.5, 0.6) is 5.75 Å². The molecule has 3 aromatic rings. The third kappa shape index (κ3) is 4.16. The van der Waals surface area contributed by atoms with E-state index in [1.165, 1.54) is 22.3 Å². The Balaban J connectivity index is 1.29. The molecule has 1 aliphatic rings. The second-order valence-electron chi connectivity index (χ2n) is 7.31. The van der Waals surface area contributed by atoms with Crippen LogP contribution >= 0.6 is 0 Å². The zero-order valence-electron chi connectivity index (χ0n) is 16.8. The molecule has 2 N–H and O–H groups in total. The highest BCUT2D eigenvalue weighted by molar-refractivity contribution is 5.79. The van der Waals surface area contributed by atoms with E-state index in [-0.39, 0.29) is 11.7 Å². The van der Waals surface area contributed by atoms with Crippen LogP contribution in [-0.2, 0) is 4.74 Å². The normalized spacial score (nSPS) is 11.8. The Kier molecular flexibility index (Phi) is 5.72. The van der Waals surface area contributed by atoms with Gasteiger partial charge in [0.1, 0.15) is 12.4 Å². The van der Waals surface area contributed by atoms with E-state index in [0.29, 0.717) is 19.6 Å². The Morgan fingerprint density at radius 1 is 1.03 bits per heavy atom. The molecule has 3 aromatic carbocycles. The number of aromatic hydroxyl groups is 1. The quantitative estimate of drug-likeness (QED) is 0.482. The second kappa shape index (κ2) is 8.75. The highest BCUT2D eigenvalue weighted by atomic mass is 16.5. The van der Waals surface area contributed by atoms with E-state index in [2.05, 4.69) is 41.4 Å². The molecular formula is C26H23NO3. The smallest absolute Gasteiger partial charge is 0.407 e. The van der Waals surface area contributed by atoms with Crippen molar-refractivity contribution in [2.45, 2.75) is 19.3 Å². The summed E-state index contributed by atoms with van der Waals surface area (Å²) in [5.74, 6) is 6.27. The molecule has 0 atom stereocenters. The van der Waals surface area contributed by atoms with Crippen molar-refractivity contribution in [1.82, 2.24) is 5.32 Å². The lowest BCUT2D eigenvalue weighted by molar-refractivity contribution is 0.143. The fraction of sp³-hybridized carbons (Fsp3) is 0.192. The van der Waals surface area contributed by atoms with Gasteiger partial charge in [0.2, 0.25) is 0 Å². The van der Waals surface area contributed by atoms with Gasteiger partial charge in [0.25, 0.3) is 0 Å². The summed E-state index contributed by atoms with van der Waals surface area (Å²) in [6, 6.07) is 21.8. The number of carbonyl (C=O) groups is 1. The van der Waals surface area contributed by atoms with Gasteiger partial charge in [0.15, 0.2) is 0 Å². The number of carbonyl (C=O) groups excluding carboxylic acids is 1. The first-order valence-electron chi connectivity index (χ1n) is 10.0. The van der Waals surface area contributed by atoms with E-state index in [1.807, 2.05) is 43.3 Å². The average Bonchev–Trinajstić information content (AvgIpc) is 3.08. The molecule has 150 valence electrons. The molecule has 0 unspecified atom stereocenters. The molecule has 30 heavy (non-hydrogen) atoms. The Labute approximate surface area is 176 Å². The number of nitrogens with one attached hydrogen (secondary N) is 1. The molecule has 1 aliphatic carbocycles. The molecule has 0 fully saturated rings. The van der Waals surface area contributed by atoms with Gasteiger partial charge in [-0.25, -0.2) is 4.79 Å². The lowest BCUT2D eigenvalue weighted by Crippen LogP contribution is -2.26. The number of aryl methyl sites for hydroxylation is 1. The van der Waals surface area contributed by atoms with Crippen molar-refractivity contribution in [3.05, 3.63) is 89.0 Å². The summed E-state index contributed by atoms with van der Waals surface area (Å²) in [5.41, 5.74) is 6.37. The summed E-state index contributed by atoms with van der Waals surface area (Å²) in [6.07, 6.45) is 0.0605. The van der Waals surface area contributed by atoms with E-state index in [4.69, 9.17) is 4.74 Å². The predicted molar refractivity (Wildman–Crippen MR) is 117 cm³/mol. The number of amides is 1. The average molecular weight is 397 g/mol. The molecule has 0 saturated carbocycles. The first kappa shape index (κ1) is 19.6. The van der Waals surface area contributed by atoms with Crippen LogP contribution in [0.4, 0.5) is 4.79 Å². The number of hydrogen-bond acceptors (Lipinski definition) is 3. The maximum absolute atomic E-state index is 12.1. The Morgan fingerprint density at radius 3 is 2.37 bits per heavy atom. The largest absolute Gasteiger partial charge is 0.508 e. The van der Waals surface area contributed by atoms with Gasteiger partial charge in [-0.05, 0) is 46.9 Å². The summed E-state index contributed by atoms with van der Waals surface area (Å²) in [5, 5.41) is 12.5. The molecule has 1 amide bonds. The molecule has 0 radical (unpaired) electrons. The highest BCUT2D eigenvalue weighted by Crippen LogP contribution is 2.44. The van der Waals surface area contributed by atoms with E-state index < -0.39 is 6.09 Å². The molecule has 0 aromatic heterocycles. The number of alkyl carbamates (subject to hydrolysis) is 1. The van der Waals surface area contributed by atoms with Gasteiger partial charge >= 0.3 is 6.09 Å². The SMILES string of the molecule is Cc1ccc(C#CCCNC(=O)OCC2c3ccccc3-c3ccccc32)cc1O. The van der Waals surface area contributed by atoms with Gasteiger partial charge < -0.3 is 15.2 Å². The van der Waals surface area contributed by atoms with Gasteiger partial charge in [-0.15, -0.1) is 0 Å². The summed E-state index contributed by atoms with van der Waals surface area (Å²) in [7, 11) is 0. The molecule has 0 spiro atoms. The first-order chi connectivity index (χ1) is 14.6. The molecule has 0 heterocycles. The number of phenols is 1. The topological polar surface area (TPSA) is 58.6 Å². The van der Waals surface area contributed by atoms with Gasteiger partial charge in [0.05, 0.1) is 0 Å². The summed E-state index contributed by atoms with van der Waals surface area (Å²) >= 11 is 0. The summed E-state index contributed by atoms with van der Waals surface area (Å²) < 4.78 is 5.50. The van der Waals surface area contributed by atoms with Crippen molar-refractivity contribution in [3.8, 4) is 28.7 Å². The number of fused-ring (bicyclic) bond motifs is 3. The monoisotopic (exact) mass is 397 g/mol. The molecule has 0 saturated heterocycles.